The molecule has 0 radical (unpaired) electrons. The van der Waals surface area contributed by atoms with E-state index in [9.17, 15) is 24.3 Å². The number of carbonyl (C=O) groups is 4. The van der Waals surface area contributed by atoms with Gasteiger partial charge in [0.15, 0.2) is 5.84 Å². The fourth-order valence-corrected chi connectivity index (χ4v) is 4.63. The molecule has 1 atom stereocenters. The highest BCUT2D eigenvalue weighted by atomic mass is 16.7. The van der Waals surface area contributed by atoms with Crippen molar-refractivity contribution in [3.63, 3.8) is 0 Å². The van der Waals surface area contributed by atoms with Crippen molar-refractivity contribution in [3.8, 4) is 5.75 Å². The van der Waals surface area contributed by atoms with Crippen LogP contribution in [0.4, 0.5) is 10.5 Å². The van der Waals surface area contributed by atoms with Gasteiger partial charge >= 0.3 is 12.1 Å². The lowest BCUT2D eigenvalue weighted by Crippen LogP contribution is -2.45. The summed E-state index contributed by atoms with van der Waals surface area (Å²) in [5, 5.41) is 13.9. The van der Waals surface area contributed by atoms with Crippen LogP contribution in [0, 0.1) is 12.8 Å². The number of ether oxygens (including phenoxy) is 2. The van der Waals surface area contributed by atoms with Gasteiger partial charge in [-0.05, 0) is 68.7 Å². The molecule has 226 valence electrons. The number of phenolic OH excluding ortho intramolecular Hbond substituents is 1. The number of carbonyl (C=O) groups excluding carboxylic acids is 4. The molecule has 0 bridgehead atoms. The number of amides is 3. The van der Waals surface area contributed by atoms with Gasteiger partial charge in [0.2, 0.25) is 12.7 Å². The van der Waals surface area contributed by atoms with Gasteiger partial charge in [-0.25, -0.2) is 19.7 Å². The second-order valence-electron chi connectivity index (χ2n) is 9.85. The molecule has 0 aliphatic carbocycles. The molecule has 2 aromatic carbocycles. The number of hydrogen-bond acceptors (Lipinski definition) is 10. The van der Waals surface area contributed by atoms with Crippen LogP contribution in [0.5, 0.6) is 5.75 Å². The molecule has 2 aromatic rings. The normalized spacial score (nSPS) is 16.4. The van der Waals surface area contributed by atoms with Crippen molar-refractivity contribution in [1.82, 2.24) is 20.7 Å². The van der Waals surface area contributed by atoms with Gasteiger partial charge in [0.1, 0.15) is 17.8 Å². The number of esters is 1. The molecule has 0 spiro atoms. The monoisotopic (exact) mass is 590 g/mol. The first-order chi connectivity index (χ1) is 20.6. The van der Waals surface area contributed by atoms with Crippen molar-refractivity contribution in [1.29, 1.82) is 0 Å². The number of nitrogens with zero attached hydrogens (tertiary/aromatic N) is 4. The zero-order chi connectivity index (χ0) is 31.1. The fourth-order valence-electron chi connectivity index (χ4n) is 4.63. The maximum atomic E-state index is 13.5. The molecule has 13 nitrogen and oxygen atoms in total. The highest BCUT2D eigenvalue weighted by Crippen LogP contribution is 2.32. The molecule has 3 N–H and O–H groups in total. The van der Waals surface area contributed by atoms with Gasteiger partial charge in [0.05, 0.1) is 24.6 Å². The van der Waals surface area contributed by atoms with Crippen LogP contribution in [-0.2, 0) is 25.5 Å². The van der Waals surface area contributed by atoms with Crippen LogP contribution in [0.3, 0.4) is 0 Å². The summed E-state index contributed by atoms with van der Waals surface area (Å²) in [4.78, 5) is 60.8. The van der Waals surface area contributed by atoms with Crippen LogP contribution in [0.2, 0.25) is 0 Å². The van der Waals surface area contributed by atoms with Crippen LogP contribution in [0.1, 0.15) is 42.3 Å². The Bertz CT molecular complexity index is 1500. The Morgan fingerprint density at radius 1 is 1.12 bits per heavy atom. The van der Waals surface area contributed by atoms with Crippen LogP contribution in [-0.4, -0.2) is 77.5 Å². The van der Waals surface area contributed by atoms with Gasteiger partial charge in [0.25, 0.3) is 5.91 Å². The van der Waals surface area contributed by atoms with Gasteiger partial charge in [-0.2, -0.15) is 0 Å². The third kappa shape index (κ3) is 7.18. The Labute approximate surface area is 248 Å². The number of benzene rings is 2. The molecule has 0 saturated carbocycles. The van der Waals surface area contributed by atoms with Gasteiger partial charge < -0.3 is 19.9 Å². The van der Waals surface area contributed by atoms with Gasteiger partial charge in [0, 0.05) is 18.7 Å². The number of aromatic hydroxyl groups is 1. The number of amidine groups is 1. The maximum Gasteiger partial charge on any atom is 0.419 e. The second kappa shape index (κ2) is 13.6. The summed E-state index contributed by atoms with van der Waals surface area (Å²) in [6.45, 7) is 7.23. The maximum absolute atomic E-state index is 13.5. The molecule has 3 amide bonds. The first-order valence-corrected chi connectivity index (χ1v) is 13.8. The summed E-state index contributed by atoms with van der Waals surface area (Å²) in [6, 6.07) is 11.3. The van der Waals surface area contributed by atoms with Crippen LogP contribution >= 0.6 is 0 Å². The number of nitrogens with one attached hydrogen (secondary N) is 2. The third-order valence-corrected chi connectivity index (χ3v) is 6.97. The van der Waals surface area contributed by atoms with E-state index in [-0.39, 0.29) is 31.2 Å². The quantitative estimate of drug-likeness (QED) is 0.294. The van der Waals surface area contributed by atoms with Crippen LogP contribution in [0.25, 0.3) is 0 Å². The first kappa shape index (κ1) is 30.8. The standard InChI is InChI=1S/C30H34N6O7/c1-5-31-28(39)21-10-7-18(3)24(14-21)34-27-26-19(4)23(15-36(26)33-16-32-27)29(40)35(6-2)30(41)43-17-42-25(38)13-20-8-11-22(37)12-9-20/h7-12,14,16,23,37H,5-6,13,15,17H2,1-4H3,(H,31,39)(H,32,33,34). The van der Waals surface area contributed by atoms with Crippen molar-refractivity contribution < 1.29 is 33.8 Å². The van der Waals surface area contributed by atoms with E-state index in [1.54, 1.807) is 43.1 Å². The lowest BCUT2D eigenvalue weighted by Gasteiger charge is -2.26. The predicted octanol–water partition coefficient (Wildman–Crippen LogP) is 2.96. The largest absolute Gasteiger partial charge is 0.508 e. The molecule has 2 aliphatic rings. The van der Waals surface area contributed by atoms with Gasteiger partial charge in [-0.15, -0.1) is 0 Å². The fraction of sp³-hybridized carbons (Fsp3) is 0.333. The summed E-state index contributed by atoms with van der Waals surface area (Å²) >= 11 is 0. The number of fused-ring (bicyclic) bond motifs is 1. The van der Waals surface area contributed by atoms with E-state index in [1.807, 2.05) is 19.9 Å². The lowest BCUT2D eigenvalue weighted by molar-refractivity contribution is -0.152. The minimum absolute atomic E-state index is 0.0366. The van der Waals surface area contributed by atoms with E-state index in [0.717, 1.165) is 10.5 Å². The molecule has 13 heteroatoms. The topological polar surface area (TPSA) is 162 Å². The predicted molar refractivity (Wildman–Crippen MR) is 157 cm³/mol. The number of phenols is 1. The summed E-state index contributed by atoms with van der Waals surface area (Å²) in [6.07, 6.45) is 0.445. The number of hydrogen-bond donors (Lipinski definition) is 3. The van der Waals surface area contributed by atoms with Crippen molar-refractivity contribution >= 4 is 41.7 Å². The highest BCUT2D eigenvalue weighted by Gasteiger charge is 2.40. The number of aliphatic imine (C=N–C) groups is 2. The number of rotatable bonds is 9. The SMILES string of the molecule is CCNC(=O)c1ccc(C)c(N=C2N=CNN3CC(C(=O)N(CC)C(=O)OCOC(=O)Cc4ccc(O)cc4)C(C)=C23)c1. The summed E-state index contributed by atoms with van der Waals surface area (Å²) < 4.78 is 10.1. The Hall–Kier alpha value is -5.20. The van der Waals surface area contributed by atoms with Gasteiger partial charge in [-0.3, -0.25) is 24.8 Å². The third-order valence-electron chi connectivity index (χ3n) is 6.97. The van der Waals surface area contributed by atoms with E-state index in [0.29, 0.717) is 40.5 Å². The molecule has 0 saturated heterocycles. The van der Waals surface area contributed by atoms with E-state index >= 15 is 0 Å². The van der Waals surface area contributed by atoms with E-state index < -0.39 is 30.7 Å². The molecular weight excluding hydrogens is 556 g/mol. The molecule has 2 aliphatic heterocycles. The van der Waals surface area contributed by atoms with Crippen molar-refractivity contribution in [2.24, 2.45) is 15.9 Å². The zero-order valence-electron chi connectivity index (χ0n) is 24.4. The average molecular weight is 591 g/mol. The minimum Gasteiger partial charge on any atom is -0.508 e. The zero-order valence-corrected chi connectivity index (χ0v) is 24.4. The number of imide groups is 1. The Balaban J connectivity index is 1.44. The summed E-state index contributed by atoms with van der Waals surface area (Å²) in [7, 11) is 0. The molecule has 4 rings (SSSR count). The van der Waals surface area contributed by atoms with E-state index in [2.05, 4.69) is 15.7 Å². The Morgan fingerprint density at radius 3 is 2.56 bits per heavy atom. The van der Waals surface area contributed by atoms with Crippen LogP contribution in [0.15, 0.2) is 63.7 Å². The lowest BCUT2D eigenvalue weighted by atomic mass is 10.0. The van der Waals surface area contributed by atoms with E-state index in [1.165, 1.54) is 18.5 Å². The smallest absolute Gasteiger partial charge is 0.419 e. The van der Waals surface area contributed by atoms with Crippen LogP contribution < -0.4 is 10.7 Å². The van der Waals surface area contributed by atoms with Crippen molar-refractivity contribution in [2.75, 3.05) is 26.4 Å². The molecule has 1 unspecified atom stereocenters. The molecule has 0 aromatic heterocycles. The molecule has 0 fully saturated rings. The molecule has 2 heterocycles. The van der Waals surface area contributed by atoms with E-state index in [4.69, 9.17) is 14.5 Å². The Kier molecular flexibility index (Phi) is 9.76. The molecule has 43 heavy (non-hydrogen) atoms. The first-order valence-electron chi connectivity index (χ1n) is 13.8. The van der Waals surface area contributed by atoms with Gasteiger partial charge in [-0.1, -0.05) is 18.2 Å². The van der Waals surface area contributed by atoms with Crippen molar-refractivity contribution in [3.05, 3.63) is 70.4 Å². The summed E-state index contributed by atoms with van der Waals surface area (Å²) in [5.74, 6) is -1.61. The highest BCUT2D eigenvalue weighted by molar-refractivity contribution is 6.07. The average Bonchev–Trinajstić information content (AvgIpc) is 3.33. The Morgan fingerprint density at radius 2 is 1.86 bits per heavy atom. The number of hydrazine groups is 1. The number of aryl methyl sites for hydroxylation is 1. The summed E-state index contributed by atoms with van der Waals surface area (Å²) in [5.41, 5.74) is 6.74. The second-order valence-corrected chi connectivity index (χ2v) is 9.85. The van der Waals surface area contributed by atoms with Crippen molar-refractivity contribution in [2.45, 2.75) is 34.1 Å². The minimum atomic E-state index is -0.941. The molecular formula is C30H34N6O7.